The number of terminal acetylenes is 1. The number of carbonyl (C=O) groups is 2. The van der Waals surface area contributed by atoms with Gasteiger partial charge in [-0.15, -0.1) is 6.42 Å². The summed E-state index contributed by atoms with van der Waals surface area (Å²) in [5.74, 6) is 1.32. The Morgan fingerprint density at radius 2 is 2.12 bits per heavy atom. The summed E-state index contributed by atoms with van der Waals surface area (Å²) in [5.41, 5.74) is 0.442. The first kappa shape index (κ1) is 13.5. The minimum absolute atomic E-state index is 0.124. The zero-order valence-electron chi connectivity index (χ0n) is 8.90. The normalized spacial score (nSPS) is 9.18. The SMILES string of the molecule is C#CCNC(=O)COC(=O)c1ccccc1I. The van der Waals surface area contributed by atoms with Gasteiger partial charge in [-0.05, 0) is 34.7 Å². The molecule has 0 aliphatic rings. The molecule has 4 nitrogen and oxygen atoms in total. The summed E-state index contributed by atoms with van der Waals surface area (Å²) in [4.78, 5) is 22.7. The van der Waals surface area contributed by atoms with Crippen LogP contribution >= 0.6 is 22.6 Å². The van der Waals surface area contributed by atoms with Crippen LogP contribution in [0.1, 0.15) is 10.4 Å². The van der Waals surface area contributed by atoms with Gasteiger partial charge in [0.25, 0.3) is 5.91 Å². The van der Waals surface area contributed by atoms with Crippen molar-refractivity contribution in [2.75, 3.05) is 13.2 Å². The molecule has 0 aliphatic heterocycles. The third-order valence-corrected chi connectivity index (χ3v) is 2.76. The van der Waals surface area contributed by atoms with Crippen molar-refractivity contribution >= 4 is 34.5 Å². The first-order valence-electron chi connectivity index (χ1n) is 4.77. The molecule has 1 aromatic rings. The highest BCUT2D eigenvalue weighted by atomic mass is 127. The Balaban J connectivity index is 2.49. The molecule has 0 saturated heterocycles. The number of hydrogen-bond acceptors (Lipinski definition) is 3. The van der Waals surface area contributed by atoms with E-state index in [2.05, 4.69) is 11.2 Å². The number of esters is 1. The van der Waals surface area contributed by atoms with E-state index in [4.69, 9.17) is 11.2 Å². The number of halogens is 1. The molecule has 88 valence electrons. The van der Waals surface area contributed by atoms with Gasteiger partial charge in [-0.1, -0.05) is 18.1 Å². The summed E-state index contributed by atoms with van der Waals surface area (Å²) >= 11 is 2.03. The minimum Gasteiger partial charge on any atom is -0.452 e. The third kappa shape index (κ3) is 4.44. The number of hydrogen-bond donors (Lipinski definition) is 1. The van der Waals surface area contributed by atoms with Crippen LogP contribution in [0.4, 0.5) is 0 Å². The van der Waals surface area contributed by atoms with Gasteiger partial charge in [-0.2, -0.15) is 0 Å². The Kier molecular flexibility index (Phi) is 5.49. The average molecular weight is 343 g/mol. The van der Waals surface area contributed by atoms with Crippen molar-refractivity contribution in [3.8, 4) is 12.3 Å². The first-order chi connectivity index (χ1) is 8.15. The average Bonchev–Trinajstić information content (AvgIpc) is 2.34. The van der Waals surface area contributed by atoms with Crippen LogP contribution in [0.2, 0.25) is 0 Å². The molecule has 0 heterocycles. The fourth-order valence-corrected chi connectivity index (χ4v) is 1.64. The zero-order valence-corrected chi connectivity index (χ0v) is 11.1. The molecule has 1 N–H and O–H groups in total. The van der Waals surface area contributed by atoms with Gasteiger partial charge in [0.2, 0.25) is 0 Å². The second-order valence-electron chi connectivity index (χ2n) is 3.04. The van der Waals surface area contributed by atoms with E-state index in [1.165, 1.54) is 0 Å². The van der Waals surface area contributed by atoms with E-state index in [1.807, 2.05) is 28.7 Å². The van der Waals surface area contributed by atoms with Gasteiger partial charge in [0, 0.05) is 3.57 Å². The maximum absolute atomic E-state index is 11.6. The molecular formula is C12H10INO3. The monoisotopic (exact) mass is 343 g/mol. The molecular weight excluding hydrogens is 333 g/mol. The van der Waals surface area contributed by atoms with Crippen molar-refractivity contribution < 1.29 is 14.3 Å². The first-order valence-corrected chi connectivity index (χ1v) is 5.85. The van der Waals surface area contributed by atoms with Crippen LogP contribution < -0.4 is 5.32 Å². The second kappa shape index (κ2) is 6.91. The molecule has 1 amide bonds. The summed E-state index contributed by atoms with van der Waals surface area (Å²) in [7, 11) is 0. The largest absolute Gasteiger partial charge is 0.452 e. The third-order valence-electron chi connectivity index (χ3n) is 1.82. The molecule has 0 bridgehead atoms. The molecule has 0 saturated carbocycles. The molecule has 0 fully saturated rings. The summed E-state index contributed by atoms with van der Waals surface area (Å²) in [6.45, 7) is -0.204. The van der Waals surface area contributed by atoms with Crippen LogP contribution in [-0.4, -0.2) is 25.0 Å². The highest BCUT2D eigenvalue weighted by molar-refractivity contribution is 14.1. The maximum atomic E-state index is 11.6. The molecule has 1 rings (SSSR count). The zero-order chi connectivity index (χ0) is 12.7. The number of nitrogens with one attached hydrogen (secondary N) is 1. The highest BCUT2D eigenvalue weighted by Gasteiger charge is 2.12. The van der Waals surface area contributed by atoms with E-state index < -0.39 is 11.9 Å². The van der Waals surface area contributed by atoms with E-state index in [9.17, 15) is 9.59 Å². The molecule has 0 unspecified atom stereocenters. The van der Waals surface area contributed by atoms with Crippen molar-refractivity contribution in [1.82, 2.24) is 5.32 Å². The van der Waals surface area contributed by atoms with Crippen molar-refractivity contribution in [3.05, 3.63) is 33.4 Å². The van der Waals surface area contributed by atoms with Crippen LogP contribution in [-0.2, 0) is 9.53 Å². The van der Waals surface area contributed by atoms with Gasteiger partial charge >= 0.3 is 5.97 Å². The number of carbonyl (C=O) groups excluding carboxylic acids is 2. The van der Waals surface area contributed by atoms with Crippen LogP contribution in [0.3, 0.4) is 0 Å². The lowest BCUT2D eigenvalue weighted by atomic mass is 10.2. The van der Waals surface area contributed by atoms with Crippen molar-refractivity contribution in [2.45, 2.75) is 0 Å². The summed E-state index contributed by atoms with van der Waals surface area (Å²) in [6, 6.07) is 6.98. The van der Waals surface area contributed by atoms with E-state index in [0.29, 0.717) is 5.56 Å². The Hall–Kier alpha value is -1.55. The highest BCUT2D eigenvalue weighted by Crippen LogP contribution is 2.12. The van der Waals surface area contributed by atoms with Crippen molar-refractivity contribution in [1.29, 1.82) is 0 Å². The molecule has 17 heavy (non-hydrogen) atoms. The second-order valence-corrected chi connectivity index (χ2v) is 4.20. The lowest BCUT2D eigenvalue weighted by Crippen LogP contribution is -2.29. The van der Waals surface area contributed by atoms with E-state index in [-0.39, 0.29) is 13.2 Å². The Morgan fingerprint density at radius 1 is 1.41 bits per heavy atom. The molecule has 0 radical (unpaired) electrons. The van der Waals surface area contributed by atoms with Crippen LogP contribution in [0, 0.1) is 15.9 Å². The summed E-state index contributed by atoms with van der Waals surface area (Å²) < 4.78 is 5.62. The topological polar surface area (TPSA) is 55.4 Å². The molecule has 0 spiro atoms. The minimum atomic E-state index is -0.522. The van der Waals surface area contributed by atoms with Gasteiger partial charge in [-0.25, -0.2) is 4.79 Å². The fraction of sp³-hybridized carbons (Fsp3) is 0.167. The standard InChI is InChI=1S/C12H10INO3/c1-2-7-14-11(15)8-17-12(16)9-5-3-4-6-10(9)13/h1,3-6H,7-8H2,(H,14,15). The van der Waals surface area contributed by atoms with E-state index in [1.54, 1.807) is 18.2 Å². The maximum Gasteiger partial charge on any atom is 0.339 e. The van der Waals surface area contributed by atoms with Crippen LogP contribution in [0.5, 0.6) is 0 Å². The quantitative estimate of drug-likeness (QED) is 0.508. The fourth-order valence-electron chi connectivity index (χ4n) is 1.04. The summed E-state index contributed by atoms with van der Waals surface area (Å²) in [6.07, 6.45) is 4.97. The van der Waals surface area contributed by atoms with Crippen LogP contribution in [0.25, 0.3) is 0 Å². The molecule has 0 aliphatic carbocycles. The van der Waals surface area contributed by atoms with Gasteiger partial charge in [0.1, 0.15) is 0 Å². The summed E-state index contributed by atoms with van der Waals surface area (Å²) in [5, 5.41) is 2.40. The molecule has 1 aromatic carbocycles. The number of rotatable bonds is 4. The van der Waals surface area contributed by atoms with Crippen LogP contribution in [0.15, 0.2) is 24.3 Å². The predicted octanol–water partition coefficient (Wildman–Crippen LogP) is 1.20. The van der Waals surface area contributed by atoms with Gasteiger partial charge in [-0.3, -0.25) is 4.79 Å². The Bertz CT molecular complexity index is 465. The Morgan fingerprint density at radius 3 is 2.76 bits per heavy atom. The van der Waals surface area contributed by atoms with Gasteiger partial charge < -0.3 is 10.1 Å². The molecule has 5 heteroatoms. The Labute approximate surface area is 113 Å². The number of amides is 1. The number of benzene rings is 1. The number of ether oxygens (including phenoxy) is 1. The molecule has 0 atom stereocenters. The lowest BCUT2D eigenvalue weighted by molar-refractivity contribution is -0.123. The van der Waals surface area contributed by atoms with Crippen molar-refractivity contribution in [3.63, 3.8) is 0 Å². The van der Waals surface area contributed by atoms with Gasteiger partial charge in [0.05, 0.1) is 12.1 Å². The lowest BCUT2D eigenvalue weighted by Gasteiger charge is -2.05. The van der Waals surface area contributed by atoms with Crippen molar-refractivity contribution in [2.24, 2.45) is 0 Å². The smallest absolute Gasteiger partial charge is 0.339 e. The predicted molar refractivity (Wildman–Crippen MR) is 71.3 cm³/mol. The molecule has 0 aromatic heterocycles. The van der Waals surface area contributed by atoms with Gasteiger partial charge in [0.15, 0.2) is 6.61 Å². The van der Waals surface area contributed by atoms with E-state index >= 15 is 0 Å². The van der Waals surface area contributed by atoms with E-state index in [0.717, 1.165) is 3.57 Å².